The summed E-state index contributed by atoms with van der Waals surface area (Å²) in [7, 11) is 0. The molecule has 0 saturated carbocycles. The smallest absolute Gasteiger partial charge is 0.107 e. The van der Waals surface area contributed by atoms with E-state index in [1.165, 1.54) is 36.6 Å². The van der Waals surface area contributed by atoms with Gasteiger partial charge in [0.05, 0.1) is 0 Å². The van der Waals surface area contributed by atoms with E-state index < -0.39 is 0 Å². The van der Waals surface area contributed by atoms with Crippen LogP contribution in [-0.4, -0.2) is 13.2 Å². The maximum atomic E-state index is 5.72. The Bertz CT molecular complexity index is 52.9. The third kappa shape index (κ3) is 8.69. The van der Waals surface area contributed by atoms with Crippen LogP contribution in [0.1, 0.15) is 33.6 Å². The number of rotatable bonds is 4. The Morgan fingerprint density at radius 1 is 1.56 bits per heavy atom. The Morgan fingerprint density at radius 3 is 2.44 bits per heavy atom. The minimum absolute atomic E-state index is 0.704. The van der Waals surface area contributed by atoms with Gasteiger partial charge in [0, 0.05) is 6.04 Å². The lowest BCUT2D eigenvalue weighted by Crippen LogP contribution is -2.25. The van der Waals surface area contributed by atoms with E-state index in [4.69, 9.17) is 0.594 Å². The molecule has 1 nitrogen and oxygen atoms in total. The van der Waals surface area contributed by atoms with Gasteiger partial charge < -0.3 is 5.32 Å². The first-order chi connectivity index (χ1) is 4.81. The lowest BCUT2D eigenvalue weighted by molar-refractivity contribution is 0.533. The number of hydrogen-bond acceptors (Lipinski definition) is 1. The molecule has 0 aromatic carbocycles. The summed E-state index contributed by atoms with van der Waals surface area (Å²) < 4.78 is 5.72. The highest BCUT2D eigenvalue weighted by molar-refractivity contribution is 14.0. The van der Waals surface area contributed by atoms with Gasteiger partial charge in [-0.05, 0) is 26.3 Å². The van der Waals surface area contributed by atoms with E-state index >= 15 is 0 Å². The van der Waals surface area contributed by atoms with Gasteiger partial charge in [-0.25, -0.2) is 0 Å². The summed E-state index contributed by atoms with van der Waals surface area (Å²) in [5, 5.41) is 3.38. The van der Waals surface area contributed by atoms with Crippen LogP contribution in [0, 0.1) is 0 Å². The number of nitrogens with one attached hydrogen (secondary N) is 1. The topological polar surface area (TPSA) is 12.0 Å². The first kappa shape index (κ1) is 9.69. The quantitative estimate of drug-likeness (QED) is 0.749. The van der Waals surface area contributed by atoms with Gasteiger partial charge in [-0.15, -0.1) is 23.8 Å². The van der Waals surface area contributed by atoms with Gasteiger partial charge in [0.1, 0.15) is 0.594 Å². The molecule has 9 heavy (non-hydrogen) atoms. The zero-order valence-electron chi connectivity index (χ0n) is 7.58. The number of halogens is 1. The number of hydrogen-bond donors (Lipinski definition) is 1. The lowest BCUT2D eigenvalue weighted by atomic mass is 10.2. The van der Waals surface area contributed by atoms with Crippen molar-refractivity contribution in [2.45, 2.75) is 39.7 Å². The van der Waals surface area contributed by atoms with Crippen molar-refractivity contribution in [3.05, 3.63) is 0 Å². The highest BCUT2D eigenvalue weighted by Crippen LogP contribution is 1.86. The second-order valence-electron chi connectivity index (χ2n) is 2.26. The van der Waals surface area contributed by atoms with Gasteiger partial charge in [-0.1, -0.05) is 13.8 Å². The molecule has 0 aliphatic rings. The van der Waals surface area contributed by atoms with Gasteiger partial charge in [0.25, 0.3) is 0 Å². The van der Waals surface area contributed by atoms with E-state index in [9.17, 15) is 0 Å². The van der Waals surface area contributed by atoms with Crippen LogP contribution in [0.25, 0.3) is 0 Å². The fraction of sp³-hybridized carbons (Fsp3) is 1.00. The molecule has 0 aromatic heterocycles. The van der Waals surface area contributed by atoms with Crippen molar-refractivity contribution in [2.24, 2.45) is 0 Å². The minimum Gasteiger partial charge on any atom is -0.314 e. The van der Waals surface area contributed by atoms with Gasteiger partial charge >= 0.3 is 0 Å². The van der Waals surface area contributed by atoms with Crippen molar-refractivity contribution < 1.29 is 0 Å². The lowest BCUT2D eigenvalue weighted by Gasteiger charge is -2.08. The zero-order chi connectivity index (χ0) is 8.41. The predicted molar refractivity (Wildman–Crippen MR) is 53.5 cm³/mol. The molecule has 1 atom stereocenters. The maximum absolute atomic E-state index is 5.72. The molecule has 58 valence electrons. The summed E-state index contributed by atoms with van der Waals surface area (Å²) >= 11 is 1.40. The Labute approximate surface area is 76.1 Å². The standard InChI is InChI=1S/C7H17N.HI/c1-4-6-8-7(3)5-2;/h7-8H,4-6H2,1-3H3;1H/i/hD. The minimum atomic E-state index is 0.704. The van der Waals surface area contributed by atoms with E-state index in [1.54, 1.807) is 0 Å². The summed E-state index contributed by atoms with van der Waals surface area (Å²) in [4.78, 5) is 0. The van der Waals surface area contributed by atoms with Gasteiger partial charge in [0.15, 0.2) is 0 Å². The van der Waals surface area contributed by atoms with E-state index in [0.717, 1.165) is 6.54 Å². The van der Waals surface area contributed by atoms with Gasteiger partial charge in [-0.3, -0.25) is 0 Å². The summed E-state index contributed by atoms with van der Waals surface area (Å²) in [6.45, 7) is 7.77. The van der Waals surface area contributed by atoms with Crippen LogP contribution >= 0.6 is 23.8 Å². The predicted octanol–water partition coefficient (Wildman–Crippen LogP) is 2.40. The zero-order valence-corrected chi connectivity index (χ0v) is 8.73. The molecule has 0 amide bonds. The second kappa shape index (κ2) is 8.69. The third-order valence-electron chi connectivity index (χ3n) is 1.36. The molecule has 0 radical (unpaired) electrons. The molecule has 2 heteroatoms. The van der Waals surface area contributed by atoms with Crippen LogP contribution in [0.15, 0.2) is 0 Å². The summed E-state index contributed by atoms with van der Waals surface area (Å²) in [6, 6.07) is 0.704. The monoisotopic (exact) mass is 244 g/mol. The Kier molecular flexibility index (Phi) is 9.36. The first-order valence-electron chi connectivity index (χ1n) is 3.92. The van der Waals surface area contributed by atoms with Crippen LogP contribution in [-0.2, 0) is 0 Å². The van der Waals surface area contributed by atoms with E-state index in [2.05, 4.69) is 26.1 Å². The Morgan fingerprint density at radius 2 is 2.11 bits per heavy atom. The molecule has 0 rings (SSSR count). The van der Waals surface area contributed by atoms with Crippen LogP contribution in [0.5, 0.6) is 0 Å². The molecule has 0 spiro atoms. The molecule has 0 heterocycles. The van der Waals surface area contributed by atoms with Crippen LogP contribution in [0.3, 0.4) is 0 Å². The van der Waals surface area contributed by atoms with Crippen molar-refractivity contribution in [1.82, 2.24) is 5.32 Å². The third-order valence-corrected chi connectivity index (χ3v) is 1.36. The molecule has 0 aromatic rings. The Hall–Kier alpha value is 0.690. The SMILES string of the molecule is CCCNC(C)CC.[2H]I. The van der Waals surface area contributed by atoms with Gasteiger partial charge in [0.2, 0.25) is 0 Å². The summed E-state index contributed by atoms with van der Waals surface area (Å²) in [6.07, 6.45) is 2.48. The highest BCUT2D eigenvalue weighted by Gasteiger charge is 1.92. The molecular weight excluding hydrogens is 225 g/mol. The van der Waals surface area contributed by atoms with E-state index in [0.29, 0.717) is 6.04 Å². The Balaban J connectivity index is 0. The molecular formula is C7H18IN. The molecule has 0 fully saturated rings. The van der Waals surface area contributed by atoms with Crippen molar-refractivity contribution >= 4 is 23.8 Å². The normalized spacial score (nSPS) is 13.1. The molecule has 1 N–H and O–H groups in total. The first-order valence-corrected chi connectivity index (χ1v) is 3.54. The fourth-order valence-electron chi connectivity index (χ4n) is 0.535. The molecule has 1 unspecified atom stereocenters. The van der Waals surface area contributed by atoms with E-state index in [-0.39, 0.29) is 0 Å². The molecule has 0 bridgehead atoms. The fourth-order valence-corrected chi connectivity index (χ4v) is 0.535. The van der Waals surface area contributed by atoms with Crippen molar-refractivity contribution in [3.8, 4) is 0 Å². The molecule has 0 aliphatic heterocycles. The van der Waals surface area contributed by atoms with Crippen LogP contribution in [0.4, 0.5) is 0 Å². The second-order valence-corrected chi connectivity index (χ2v) is 2.26. The average Bonchev–Trinajstić information content (AvgIpc) is 2.04. The van der Waals surface area contributed by atoms with E-state index in [1.807, 2.05) is 0 Å². The van der Waals surface area contributed by atoms with Crippen molar-refractivity contribution in [2.75, 3.05) is 6.54 Å². The summed E-state index contributed by atoms with van der Waals surface area (Å²) in [5.41, 5.74) is 0. The highest BCUT2D eigenvalue weighted by atomic mass is 127. The maximum Gasteiger partial charge on any atom is 0.107 e. The summed E-state index contributed by atoms with van der Waals surface area (Å²) in [5.74, 6) is 0. The van der Waals surface area contributed by atoms with Gasteiger partial charge in [-0.2, -0.15) is 0 Å². The van der Waals surface area contributed by atoms with Crippen LogP contribution < -0.4 is 5.32 Å². The van der Waals surface area contributed by atoms with Crippen LogP contribution in [0.2, 0.25) is 0 Å². The average molecular weight is 244 g/mol. The molecule has 0 aliphatic carbocycles. The van der Waals surface area contributed by atoms with Crippen molar-refractivity contribution in [1.29, 1.82) is 0.594 Å². The molecule has 0 saturated heterocycles. The van der Waals surface area contributed by atoms with Crippen molar-refractivity contribution in [3.63, 3.8) is 0 Å². The largest absolute Gasteiger partial charge is 0.314 e.